The van der Waals surface area contributed by atoms with Crippen LogP contribution >= 0.6 is 0 Å². The quantitative estimate of drug-likeness (QED) is 0.896. The van der Waals surface area contributed by atoms with Crippen molar-refractivity contribution in [2.45, 2.75) is 19.8 Å². The number of anilines is 2. The molecule has 2 aliphatic rings. The Morgan fingerprint density at radius 1 is 1.17 bits per heavy atom. The average Bonchev–Trinajstić information content (AvgIpc) is 3.29. The fraction of sp³-hybridized carbons (Fsp3) is 0.556. The van der Waals surface area contributed by atoms with Crippen LogP contribution in [0.25, 0.3) is 0 Å². The molecule has 0 aromatic heterocycles. The second kappa shape index (κ2) is 7.77. The summed E-state index contributed by atoms with van der Waals surface area (Å²) < 4.78 is 10.6. The van der Waals surface area contributed by atoms with Gasteiger partial charge in [-0.3, -0.25) is 9.59 Å². The molecule has 1 aromatic carbocycles. The molecule has 6 heteroatoms. The van der Waals surface area contributed by atoms with Crippen molar-refractivity contribution in [3.8, 4) is 0 Å². The second-order valence-corrected chi connectivity index (χ2v) is 6.24. The summed E-state index contributed by atoms with van der Waals surface area (Å²) in [5.41, 5.74) is 1.51. The van der Waals surface area contributed by atoms with Crippen molar-refractivity contribution in [3.05, 3.63) is 24.3 Å². The Labute approximate surface area is 142 Å². The lowest BCUT2D eigenvalue weighted by Crippen LogP contribution is -2.36. The van der Waals surface area contributed by atoms with Crippen LogP contribution in [0.3, 0.4) is 0 Å². The first-order chi connectivity index (χ1) is 11.7. The standard InChI is InChI=1S/C18H24N2O4/c1-2-20(18(22)14-7-9-24-12-14)16-5-3-4-15(10-16)19-17(21)13-6-8-23-11-13/h3-5,10,13-14H,2,6-9,11-12H2,1H3,(H,19,21). The van der Waals surface area contributed by atoms with Gasteiger partial charge in [0.15, 0.2) is 0 Å². The first-order valence-corrected chi connectivity index (χ1v) is 8.57. The molecule has 6 nitrogen and oxygen atoms in total. The molecule has 0 radical (unpaired) electrons. The lowest BCUT2D eigenvalue weighted by atomic mass is 10.1. The third-order valence-corrected chi connectivity index (χ3v) is 4.59. The number of carbonyl (C=O) groups excluding carboxylic acids is 2. The van der Waals surface area contributed by atoms with Gasteiger partial charge in [0.1, 0.15) is 0 Å². The smallest absolute Gasteiger partial charge is 0.232 e. The summed E-state index contributed by atoms with van der Waals surface area (Å²) in [6, 6.07) is 7.45. The maximum Gasteiger partial charge on any atom is 0.232 e. The number of nitrogens with zero attached hydrogens (tertiary/aromatic N) is 1. The van der Waals surface area contributed by atoms with E-state index in [1.807, 2.05) is 31.2 Å². The average molecular weight is 332 g/mol. The van der Waals surface area contributed by atoms with Crippen LogP contribution in [0.4, 0.5) is 11.4 Å². The van der Waals surface area contributed by atoms with Gasteiger partial charge in [-0.2, -0.15) is 0 Å². The maximum atomic E-state index is 12.7. The van der Waals surface area contributed by atoms with Crippen LogP contribution in [0.1, 0.15) is 19.8 Å². The van der Waals surface area contributed by atoms with Crippen LogP contribution < -0.4 is 10.2 Å². The van der Waals surface area contributed by atoms with E-state index >= 15 is 0 Å². The SMILES string of the molecule is CCN(C(=O)C1CCOC1)c1cccc(NC(=O)C2CCOC2)c1. The molecule has 2 aliphatic heterocycles. The lowest BCUT2D eigenvalue weighted by Gasteiger charge is -2.24. The largest absolute Gasteiger partial charge is 0.381 e. The molecule has 24 heavy (non-hydrogen) atoms. The predicted octanol–water partition coefficient (Wildman–Crippen LogP) is 2.05. The highest BCUT2D eigenvalue weighted by molar-refractivity contribution is 5.97. The third kappa shape index (κ3) is 3.76. The summed E-state index contributed by atoms with van der Waals surface area (Å²) in [6.45, 7) is 4.80. The summed E-state index contributed by atoms with van der Waals surface area (Å²) in [5, 5.41) is 2.93. The number of rotatable bonds is 5. The van der Waals surface area contributed by atoms with Gasteiger partial charge in [-0.05, 0) is 38.0 Å². The number of ether oxygens (including phenoxy) is 2. The zero-order valence-corrected chi connectivity index (χ0v) is 14.0. The van der Waals surface area contributed by atoms with Crippen LogP contribution in [0, 0.1) is 11.8 Å². The van der Waals surface area contributed by atoms with Gasteiger partial charge < -0.3 is 19.7 Å². The molecule has 0 saturated carbocycles. The fourth-order valence-corrected chi connectivity index (χ4v) is 3.15. The monoisotopic (exact) mass is 332 g/mol. The molecular formula is C18H24N2O4. The van der Waals surface area contributed by atoms with Crippen molar-refractivity contribution in [2.75, 3.05) is 43.2 Å². The Morgan fingerprint density at radius 3 is 2.50 bits per heavy atom. The van der Waals surface area contributed by atoms with Gasteiger partial charge in [0.25, 0.3) is 0 Å². The van der Waals surface area contributed by atoms with E-state index < -0.39 is 0 Å². The van der Waals surface area contributed by atoms with E-state index in [0.717, 1.165) is 18.5 Å². The highest BCUT2D eigenvalue weighted by Gasteiger charge is 2.28. The molecule has 2 heterocycles. The van der Waals surface area contributed by atoms with E-state index in [0.29, 0.717) is 38.7 Å². The maximum absolute atomic E-state index is 12.7. The minimum atomic E-state index is -0.0896. The molecule has 0 spiro atoms. The summed E-state index contributed by atoms with van der Waals surface area (Å²) in [7, 11) is 0. The highest BCUT2D eigenvalue weighted by atomic mass is 16.5. The summed E-state index contributed by atoms with van der Waals surface area (Å²) >= 11 is 0. The van der Waals surface area contributed by atoms with E-state index in [1.165, 1.54) is 0 Å². The zero-order valence-electron chi connectivity index (χ0n) is 14.0. The van der Waals surface area contributed by atoms with Gasteiger partial charge in [0.05, 0.1) is 25.0 Å². The molecule has 2 atom stereocenters. The van der Waals surface area contributed by atoms with Gasteiger partial charge in [-0.25, -0.2) is 0 Å². The molecule has 2 saturated heterocycles. The van der Waals surface area contributed by atoms with Crippen LogP contribution in [0.5, 0.6) is 0 Å². The van der Waals surface area contributed by atoms with Gasteiger partial charge in [0, 0.05) is 31.1 Å². The molecule has 1 N–H and O–H groups in total. The number of nitrogens with one attached hydrogen (secondary N) is 1. The molecule has 1 aromatic rings. The molecule has 2 unspecified atom stereocenters. The molecule has 2 fully saturated rings. The Hall–Kier alpha value is -1.92. The normalized spacial score (nSPS) is 23.2. The van der Waals surface area contributed by atoms with Crippen molar-refractivity contribution in [1.82, 2.24) is 0 Å². The van der Waals surface area contributed by atoms with Gasteiger partial charge in [0.2, 0.25) is 11.8 Å². The topological polar surface area (TPSA) is 67.9 Å². The summed E-state index contributed by atoms with van der Waals surface area (Å²) in [6.07, 6.45) is 1.53. The van der Waals surface area contributed by atoms with Gasteiger partial charge >= 0.3 is 0 Å². The van der Waals surface area contributed by atoms with E-state index in [-0.39, 0.29) is 23.7 Å². The third-order valence-electron chi connectivity index (χ3n) is 4.59. The Kier molecular flexibility index (Phi) is 5.48. The van der Waals surface area contributed by atoms with Gasteiger partial charge in [-0.15, -0.1) is 0 Å². The van der Waals surface area contributed by atoms with E-state index in [1.54, 1.807) is 4.90 Å². The number of amides is 2. The van der Waals surface area contributed by atoms with Crippen molar-refractivity contribution in [3.63, 3.8) is 0 Å². The molecule has 130 valence electrons. The van der Waals surface area contributed by atoms with Crippen LogP contribution in [-0.2, 0) is 19.1 Å². The molecule has 0 aliphatic carbocycles. The fourth-order valence-electron chi connectivity index (χ4n) is 3.15. The second-order valence-electron chi connectivity index (χ2n) is 6.24. The summed E-state index contributed by atoms with van der Waals surface area (Å²) in [5.74, 6) is -0.0991. The number of carbonyl (C=O) groups is 2. The van der Waals surface area contributed by atoms with E-state index in [4.69, 9.17) is 9.47 Å². The summed E-state index contributed by atoms with van der Waals surface area (Å²) in [4.78, 5) is 26.6. The van der Waals surface area contributed by atoms with Crippen LogP contribution in [0.2, 0.25) is 0 Å². The minimum absolute atomic E-state index is 0.0248. The predicted molar refractivity (Wildman–Crippen MR) is 91.0 cm³/mol. The van der Waals surface area contributed by atoms with Crippen LogP contribution in [0.15, 0.2) is 24.3 Å². The first-order valence-electron chi connectivity index (χ1n) is 8.57. The van der Waals surface area contributed by atoms with E-state index in [2.05, 4.69) is 5.32 Å². The molecule has 2 amide bonds. The van der Waals surface area contributed by atoms with Gasteiger partial charge in [-0.1, -0.05) is 6.07 Å². The van der Waals surface area contributed by atoms with Crippen molar-refractivity contribution >= 4 is 23.2 Å². The number of hydrogen-bond donors (Lipinski definition) is 1. The van der Waals surface area contributed by atoms with Crippen molar-refractivity contribution in [1.29, 1.82) is 0 Å². The number of hydrogen-bond acceptors (Lipinski definition) is 4. The zero-order chi connectivity index (χ0) is 16.9. The van der Waals surface area contributed by atoms with Crippen LogP contribution in [-0.4, -0.2) is 44.8 Å². The Balaban J connectivity index is 1.70. The van der Waals surface area contributed by atoms with E-state index in [9.17, 15) is 9.59 Å². The molecule has 3 rings (SSSR count). The molecular weight excluding hydrogens is 308 g/mol. The first kappa shape index (κ1) is 16.9. The lowest BCUT2D eigenvalue weighted by molar-refractivity contribution is -0.122. The highest BCUT2D eigenvalue weighted by Crippen LogP contribution is 2.24. The molecule has 0 bridgehead atoms. The van der Waals surface area contributed by atoms with Crippen molar-refractivity contribution < 1.29 is 19.1 Å². The Morgan fingerprint density at radius 2 is 1.88 bits per heavy atom. The minimum Gasteiger partial charge on any atom is -0.381 e. The number of benzene rings is 1. The van der Waals surface area contributed by atoms with Crippen molar-refractivity contribution in [2.24, 2.45) is 11.8 Å². The Bertz CT molecular complexity index is 592.